The molecule has 0 spiro atoms. The largest absolute Gasteiger partial charge is 0.462 e. The first-order valence-corrected chi connectivity index (χ1v) is 21.8. The van der Waals surface area contributed by atoms with Crippen LogP contribution in [0.2, 0.25) is 0 Å². The van der Waals surface area contributed by atoms with Crippen LogP contribution in [0.4, 0.5) is 0 Å². The Labute approximate surface area is 304 Å². The van der Waals surface area contributed by atoms with Crippen molar-refractivity contribution in [3.8, 4) is 0 Å². The van der Waals surface area contributed by atoms with Crippen LogP contribution in [0.25, 0.3) is 0 Å². The lowest BCUT2D eigenvalue weighted by molar-refractivity contribution is -0.230. The maximum absolute atomic E-state index is 13.2. The molecule has 4 fully saturated rings. The van der Waals surface area contributed by atoms with Gasteiger partial charge in [-0.3, -0.25) is 4.79 Å². The molecule has 0 aliphatic heterocycles. The molecule has 49 heavy (non-hydrogen) atoms. The first-order chi connectivity index (χ1) is 23.2. The summed E-state index contributed by atoms with van der Waals surface area (Å²) in [6, 6.07) is 0. The van der Waals surface area contributed by atoms with Crippen molar-refractivity contribution in [1.82, 2.24) is 0 Å². The van der Waals surface area contributed by atoms with Gasteiger partial charge in [-0.25, -0.2) is 0 Å². The van der Waals surface area contributed by atoms with Crippen molar-refractivity contribution >= 4 is 5.97 Å². The van der Waals surface area contributed by atoms with Crippen LogP contribution in [0, 0.1) is 56.7 Å². The molecule has 1 N–H and O–H groups in total. The Hall–Kier alpha value is -0.830. The van der Waals surface area contributed by atoms with E-state index in [1.807, 2.05) is 0 Å². The van der Waals surface area contributed by atoms with Crippen molar-refractivity contribution in [1.29, 1.82) is 0 Å². The van der Waals surface area contributed by atoms with Gasteiger partial charge in [0, 0.05) is 17.8 Å². The number of rotatable bonds is 15. The van der Waals surface area contributed by atoms with Crippen molar-refractivity contribution in [3.63, 3.8) is 0 Å². The minimum atomic E-state index is -0.391. The highest BCUT2D eigenvalue weighted by Gasteiger charge is 2.70. The van der Waals surface area contributed by atoms with Crippen LogP contribution in [0.15, 0.2) is 11.6 Å². The number of ether oxygens (including phenoxy) is 1. The van der Waals surface area contributed by atoms with Crippen LogP contribution in [0.5, 0.6) is 0 Å². The topological polar surface area (TPSA) is 46.5 Å². The number of aliphatic hydroxyl groups is 1. The van der Waals surface area contributed by atoms with Crippen molar-refractivity contribution in [2.45, 2.75) is 216 Å². The first kappa shape index (κ1) is 39.4. The zero-order chi connectivity index (χ0) is 35.7. The Bertz CT molecular complexity index is 1140. The number of carbonyl (C=O) groups excluding carboxylic acids is 1. The Balaban J connectivity index is 1.15. The fourth-order valence-corrected chi connectivity index (χ4v) is 13.6. The Morgan fingerprint density at radius 3 is 1.96 bits per heavy atom. The highest BCUT2D eigenvalue weighted by Crippen LogP contribution is 2.75. The number of allylic oxidation sites excluding steroid dienone is 1. The van der Waals surface area contributed by atoms with Gasteiger partial charge in [0.05, 0.1) is 6.10 Å². The molecule has 4 saturated carbocycles. The maximum Gasteiger partial charge on any atom is 0.306 e. The average molecular weight is 681 g/mol. The van der Waals surface area contributed by atoms with E-state index < -0.39 is 6.10 Å². The Kier molecular flexibility index (Phi) is 12.6. The van der Waals surface area contributed by atoms with Gasteiger partial charge in [0.1, 0.15) is 6.10 Å². The monoisotopic (exact) mass is 681 g/mol. The highest BCUT2D eigenvalue weighted by atomic mass is 16.5. The SMILES string of the molecule is CCCCCCCCCCCCCCCC(=O)OC1CCC2(C)C(CCC3(C)C2C(O)C=C2C4C(C)C(C)CCC4(C)CCC23C)C1(C)C. The summed E-state index contributed by atoms with van der Waals surface area (Å²) in [6.07, 6.45) is 29.3. The van der Waals surface area contributed by atoms with Gasteiger partial charge in [-0.05, 0) is 103 Å². The van der Waals surface area contributed by atoms with Gasteiger partial charge >= 0.3 is 5.97 Å². The van der Waals surface area contributed by atoms with Gasteiger partial charge < -0.3 is 9.84 Å². The van der Waals surface area contributed by atoms with E-state index in [1.54, 1.807) is 5.57 Å². The molecule has 0 aromatic heterocycles. The predicted molar refractivity (Wildman–Crippen MR) is 206 cm³/mol. The minimum absolute atomic E-state index is 0.0178. The van der Waals surface area contributed by atoms with E-state index >= 15 is 0 Å². The summed E-state index contributed by atoms with van der Waals surface area (Å²) in [6.45, 7) is 22.3. The molecular weight excluding hydrogens is 601 g/mol. The second-order valence-corrected chi connectivity index (χ2v) is 20.3. The second-order valence-electron chi connectivity index (χ2n) is 20.3. The molecule has 282 valence electrons. The molecule has 11 atom stereocenters. The van der Waals surface area contributed by atoms with Gasteiger partial charge in [0.2, 0.25) is 0 Å². The molecule has 0 saturated heterocycles. The van der Waals surface area contributed by atoms with Crippen molar-refractivity contribution in [3.05, 3.63) is 11.6 Å². The zero-order valence-electron chi connectivity index (χ0n) is 33.9. The van der Waals surface area contributed by atoms with Gasteiger partial charge in [-0.2, -0.15) is 0 Å². The predicted octanol–water partition coefficient (Wildman–Crippen LogP) is 13.0. The molecule has 5 rings (SSSR count). The van der Waals surface area contributed by atoms with E-state index in [2.05, 4.69) is 68.4 Å². The van der Waals surface area contributed by atoms with Crippen LogP contribution >= 0.6 is 0 Å². The Morgan fingerprint density at radius 2 is 1.35 bits per heavy atom. The van der Waals surface area contributed by atoms with Crippen LogP contribution in [-0.2, 0) is 9.53 Å². The molecule has 5 aliphatic carbocycles. The molecule has 11 unspecified atom stereocenters. The third-order valence-corrected chi connectivity index (χ3v) is 17.0. The van der Waals surface area contributed by atoms with Gasteiger partial charge in [0.15, 0.2) is 0 Å². The number of carbonyl (C=O) groups is 1. The lowest BCUT2D eigenvalue weighted by atomic mass is 9.33. The number of fused-ring (bicyclic) bond motifs is 7. The molecule has 0 radical (unpaired) electrons. The summed E-state index contributed by atoms with van der Waals surface area (Å²) in [7, 11) is 0. The first-order valence-electron chi connectivity index (χ1n) is 21.8. The number of aliphatic hydroxyl groups excluding tert-OH is 1. The molecule has 0 bridgehead atoms. The van der Waals surface area contributed by atoms with E-state index in [-0.39, 0.29) is 39.7 Å². The summed E-state index contributed by atoms with van der Waals surface area (Å²) in [5.74, 6) is 2.72. The lowest BCUT2D eigenvalue weighted by Crippen LogP contribution is -2.67. The van der Waals surface area contributed by atoms with Crippen LogP contribution < -0.4 is 0 Å². The average Bonchev–Trinajstić information content (AvgIpc) is 3.04. The maximum atomic E-state index is 13.2. The second kappa shape index (κ2) is 15.6. The molecule has 0 heterocycles. The van der Waals surface area contributed by atoms with Gasteiger partial charge in [-0.15, -0.1) is 0 Å². The third kappa shape index (κ3) is 7.38. The molecule has 5 aliphatic rings. The number of esters is 1. The summed E-state index contributed by atoms with van der Waals surface area (Å²) in [5, 5.41) is 12.3. The summed E-state index contributed by atoms with van der Waals surface area (Å²) >= 11 is 0. The smallest absolute Gasteiger partial charge is 0.306 e. The van der Waals surface area contributed by atoms with E-state index in [0.717, 1.165) is 31.6 Å². The van der Waals surface area contributed by atoms with Crippen LogP contribution in [-0.4, -0.2) is 23.3 Å². The molecule has 0 aromatic rings. The van der Waals surface area contributed by atoms with Crippen molar-refractivity contribution < 1.29 is 14.6 Å². The summed E-state index contributed by atoms with van der Waals surface area (Å²) < 4.78 is 6.38. The minimum Gasteiger partial charge on any atom is -0.462 e. The normalized spacial score (nSPS) is 42.7. The standard InChI is InChI=1S/C46H80O3/c1-10-11-12-13-14-15-16-17-18-19-20-21-22-23-39(48)49-38-26-28-44(7)37(42(38,4)5)25-29-46(9)41(44)36(47)32-35-40-34(3)33(2)24-27-43(40,6)30-31-45(35,46)8/h32-34,36-38,40-41,47H,10-31H2,1-9H3. The van der Waals surface area contributed by atoms with E-state index in [9.17, 15) is 9.90 Å². The number of hydrogen-bond acceptors (Lipinski definition) is 3. The molecule has 0 amide bonds. The number of hydrogen-bond donors (Lipinski definition) is 1. The van der Waals surface area contributed by atoms with Gasteiger partial charge in [-0.1, -0.05) is 151 Å². The third-order valence-electron chi connectivity index (χ3n) is 17.0. The molecule has 3 nitrogen and oxygen atoms in total. The van der Waals surface area contributed by atoms with Crippen LogP contribution in [0.1, 0.15) is 204 Å². The van der Waals surface area contributed by atoms with E-state index in [4.69, 9.17) is 4.74 Å². The van der Waals surface area contributed by atoms with Crippen LogP contribution in [0.3, 0.4) is 0 Å². The summed E-state index contributed by atoms with van der Waals surface area (Å²) in [4.78, 5) is 13.2. The van der Waals surface area contributed by atoms with E-state index in [0.29, 0.717) is 29.6 Å². The van der Waals surface area contributed by atoms with Crippen molar-refractivity contribution in [2.75, 3.05) is 0 Å². The van der Waals surface area contributed by atoms with Gasteiger partial charge in [0.25, 0.3) is 0 Å². The Morgan fingerprint density at radius 1 is 0.755 bits per heavy atom. The highest BCUT2D eigenvalue weighted by molar-refractivity contribution is 5.69. The molecule has 3 heteroatoms. The van der Waals surface area contributed by atoms with Crippen molar-refractivity contribution in [2.24, 2.45) is 56.7 Å². The molecular formula is C46H80O3. The summed E-state index contributed by atoms with van der Waals surface area (Å²) in [5.41, 5.74) is 2.16. The fraction of sp³-hybridized carbons (Fsp3) is 0.935. The zero-order valence-corrected chi connectivity index (χ0v) is 33.9. The number of unbranched alkanes of at least 4 members (excludes halogenated alkanes) is 12. The van der Waals surface area contributed by atoms with E-state index in [1.165, 1.54) is 109 Å². The molecule has 0 aromatic carbocycles. The quantitative estimate of drug-likeness (QED) is 0.106. The lowest BCUT2D eigenvalue weighted by Gasteiger charge is -2.72. The fourth-order valence-electron chi connectivity index (χ4n) is 13.6.